The van der Waals surface area contributed by atoms with Crippen LogP contribution in [0, 0.1) is 5.92 Å². The van der Waals surface area contributed by atoms with Crippen LogP contribution in [0.3, 0.4) is 0 Å². The number of benzene rings is 1. The van der Waals surface area contributed by atoms with Crippen molar-refractivity contribution in [1.82, 2.24) is 9.88 Å². The van der Waals surface area contributed by atoms with E-state index in [1.807, 2.05) is 25.1 Å². The summed E-state index contributed by atoms with van der Waals surface area (Å²) in [6, 6.07) is 9.10. The number of hydrogen-bond acceptors (Lipinski definition) is 3. The van der Waals surface area contributed by atoms with Gasteiger partial charge in [-0.2, -0.15) is 0 Å². The zero-order chi connectivity index (χ0) is 15.4. The molecule has 1 amide bonds. The maximum absolute atomic E-state index is 12.4. The van der Waals surface area contributed by atoms with E-state index in [1.165, 1.54) is 0 Å². The molecule has 1 aromatic carbocycles. The number of fused-ring (bicyclic) bond motifs is 1. The van der Waals surface area contributed by atoms with Gasteiger partial charge in [-0.25, -0.2) is 4.98 Å². The molecule has 0 aliphatic heterocycles. The molecule has 1 heterocycles. The number of amides is 1. The second-order valence-electron chi connectivity index (χ2n) is 5.28. The molecule has 0 N–H and O–H groups in total. The molecule has 21 heavy (non-hydrogen) atoms. The Kier molecular flexibility index (Phi) is 5.15. The molecular formula is C16H19ClN2O2. The van der Waals surface area contributed by atoms with Crippen molar-refractivity contribution in [2.24, 2.45) is 5.92 Å². The van der Waals surface area contributed by atoms with Gasteiger partial charge in [0, 0.05) is 31.1 Å². The molecule has 2 rings (SSSR count). The van der Waals surface area contributed by atoms with E-state index < -0.39 is 0 Å². The number of methoxy groups -OCH3 is 1. The molecule has 0 saturated carbocycles. The van der Waals surface area contributed by atoms with Crippen LogP contribution >= 0.6 is 11.6 Å². The molecule has 112 valence electrons. The van der Waals surface area contributed by atoms with Crippen LogP contribution in [-0.4, -0.2) is 43.1 Å². The van der Waals surface area contributed by atoms with Crippen LogP contribution in [0.5, 0.6) is 0 Å². The second-order valence-corrected chi connectivity index (χ2v) is 5.72. The van der Waals surface area contributed by atoms with Crippen molar-refractivity contribution in [3.8, 4) is 0 Å². The first-order valence-corrected chi connectivity index (χ1v) is 7.19. The summed E-state index contributed by atoms with van der Waals surface area (Å²) in [5.74, 6) is 0.179. The largest absolute Gasteiger partial charge is 0.384 e. The maximum Gasteiger partial charge on any atom is 0.272 e. The van der Waals surface area contributed by atoms with Crippen LogP contribution in [0.1, 0.15) is 17.4 Å². The number of carbonyl (C=O) groups excluding carboxylic acids is 1. The van der Waals surface area contributed by atoms with Gasteiger partial charge in [0.1, 0.15) is 5.69 Å². The summed E-state index contributed by atoms with van der Waals surface area (Å²) in [7, 11) is 3.44. The van der Waals surface area contributed by atoms with Crippen LogP contribution in [-0.2, 0) is 4.74 Å². The van der Waals surface area contributed by atoms with Gasteiger partial charge in [-0.05, 0) is 24.1 Å². The molecule has 5 heteroatoms. The highest BCUT2D eigenvalue weighted by atomic mass is 35.5. The van der Waals surface area contributed by atoms with Crippen molar-refractivity contribution in [2.75, 3.05) is 27.3 Å². The first-order chi connectivity index (χ1) is 10.0. The highest BCUT2D eigenvalue weighted by Gasteiger charge is 2.16. The molecule has 4 nitrogen and oxygen atoms in total. The van der Waals surface area contributed by atoms with Crippen molar-refractivity contribution in [1.29, 1.82) is 0 Å². The molecule has 0 unspecified atom stereocenters. The van der Waals surface area contributed by atoms with Gasteiger partial charge in [0.15, 0.2) is 0 Å². The molecule has 0 fully saturated rings. The Balaban J connectivity index is 2.18. The quantitative estimate of drug-likeness (QED) is 0.851. The molecule has 0 radical (unpaired) electrons. The molecular weight excluding hydrogens is 288 g/mol. The fourth-order valence-corrected chi connectivity index (χ4v) is 2.46. The van der Waals surface area contributed by atoms with Crippen LogP contribution in [0.2, 0.25) is 5.02 Å². The van der Waals surface area contributed by atoms with E-state index in [0.29, 0.717) is 23.9 Å². The summed E-state index contributed by atoms with van der Waals surface area (Å²) in [5, 5.41) is 1.58. The van der Waals surface area contributed by atoms with E-state index in [0.717, 1.165) is 10.9 Å². The van der Waals surface area contributed by atoms with E-state index in [4.69, 9.17) is 16.3 Å². The van der Waals surface area contributed by atoms with Gasteiger partial charge >= 0.3 is 0 Å². The first kappa shape index (κ1) is 15.7. The number of aromatic nitrogens is 1. The molecule has 0 bridgehead atoms. The topological polar surface area (TPSA) is 42.4 Å². The molecule has 0 spiro atoms. The number of carbonyl (C=O) groups is 1. The van der Waals surface area contributed by atoms with E-state index in [2.05, 4.69) is 4.98 Å². The van der Waals surface area contributed by atoms with Crippen molar-refractivity contribution >= 4 is 28.4 Å². The maximum atomic E-state index is 12.4. The van der Waals surface area contributed by atoms with Crippen LogP contribution in [0.15, 0.2) is 30.3 Å². The predicted molar refractivity (Wildman–Crippen MR) is 84.8 cm³/mol. The van der Waals surface area contributed by atoms with E-state index in [9.17, 15) is 4.79 Å². The molecule has 0 saturated heterocycles. The van der Waals surface area contributed by atoms with Crippen LogP contribution in [0.4, 0.5) is 0 Å². The van der Waals surface area contributed by atoms with Gasteiger partial charge in [0.25, 0.3) is 5.91 Å². The second kappa shape index (κ2) is 6.87. The lowest BCUT2D eigenvalue weighted by Gasteiger charge is -2.21. The summed E-state index contributed by atoms with van der Waals surface area (Å²) >= 11 is 5.97. The Morgan fingerprint density at radius 3 is 2.81 bits per heavy atom. The zero-order valence-corrected chi connectivity index (χ0v) is 13.2. The van der Waals surface area contributed by atoms with Crippen LogP contribution in [0.25, 0.3) is 10.9 Å². The van der Waals surface area contributed by atoms with Crippen molar-refractivity contribution in [2.45, 2.75) is 6.92 Å². The predicted octanol–water partition coefficient (Wildman–Crippen LogP) is 3.24. The van der Waals surface area contributed by atoms with Crippen molar-refractivity contribution < 1.29 is 9.53 Å². The summed E-state index contributed by atoms with van der Waals surface area (Å²) in [6.45, 7) is 3.29. The minimum atomic E-state index is -0.0974. The lowest BCUT2D eigenvalue weighted by atomic mass is 10.1. The van der Waals surface area contributed by atoms with Gasteiger partial charge in [0.2, 0.25) is 0 Å². The number of ether oxygens (including phenoxy) is 1. The Hall–Kier alpha value is -1.65. The number of nitrogens with zero attached hydrogens (tertiary/aromatic N) is 2. The Morgan fingerprint density at radius 1 is 1.38 bits per heavy atom. The van der Waals surface area contributed by atoms with E-state index >= 15 is 0 Å². The van der Waals surface area contributed by atoms with Crippen molar-refractivity contribution in [3.05, 3.63) is 41.0 Å². The molecule has 2 aromatic rings. The van der Waals surface area contributed by atoms with Gasteiger partial charge in [-0.15, -0.1) is 0 Å². The van der Waals surface area contributed by atoms with E-state index in [1.54, 1.807) is 31.2 Å². The first-order valence-electron chi connectivity index (χ1n) is 6.82. The third-order valence-electron chi connectivity index (χ3n) is 3.26. The average molecular weight is 307 g/mol. The molecule has 1 atom stereocenters. The SMILES string of the molecule is COC[C@@H](C)CN(C)C(=O)c1ccc2ccc(Cl)cc2n1. The minimum Gasteiger partial charge on any atom is -0.384 e. The number of rotatable bonds is 5. The summed E-state index contributed by atoms with van der Waals surface area (Å²) < 4.78 is 5.09. The lowest BCUT2D eigenvalue weighted by Crippen LogP contribution is -2.32. The number of hydrogen-bond donors (Lipinski definition) is 0. The Morgan fingerprint density at radius 2 is 2.10 bits per heavy atom. The Labute approximate surface area is 129 Å². The fourth-order valence-electron chi connectivity index (χ4n) is 2.29. The van der Waals surface area contributed by atoms with Gasteiger partial charge in [-0.3, -0.25) is 4.79 Å². The average Bonchev–Trinajstić information content (AvgIpc) is 2.45. The molecule has 0 aliphatic rings. The normalized spacial score (nSPS) is 12.4. The summed E-state index contributed by atoms with van der Waals surface area (Å²) in [6.07, 6.45) is 0. The van der Waals surface area contributed by atoms with Gasteiger partial charge < -0.3 is 9.64 Å². The highest BCUT2D eigenvalue weighted by Crippen LogP contribution is 2.18. The van der Waals surface area contributed by atoms with Crippen LogP contribution < -0.4 is 0 Å². The monoisotopic (exact) mass is 306 g/mol. The third-order valence-corrected chi connectivity index (χ3v) is 3.49. The highest BCUT2D eigenvalue weighted by molar-refractivity contribution is 6.31. The zero-order valence-electron chi connectivity index (χ0n) is 12.5. The third kappa shape index (κ3) is 3.93. The van der Waals surface area contributed by atoms with Gasteiger partial charge in [-0.1, -0.05) is 30.7 Å². The number of pyridine rings is 1. The minimum absolute atomic E-state index is 0.0974. The number of halogens is 1. The molecule has 0 aliphatic carbocycles. The smallest absolute Gasteiger partial charge is 0.272 e. The standard InChI is InChI=1S/C16H19ClN2O2/c1-11(10-21-3)9-19(2)16(20)14-7-5-12-4-6-13(17)8-15(12)18-14/h4-8,11H,9-10H2,1-3H3/t11-/m0/s1. The summed E-state index contributed by atoms with van der Waals surface area (Å²) in [4.78, 5) is 18.5. The van der Waals surface area contributed by atoms with Crippen molar-refractivity contribution in [3.63, 3.8) is 0 Å². The summed E-state index contributed by atoms with van der Waals surface area (Å²) in [5.41, 5.74) is 1.16. The lowest BCUT2D eigenvalue weighted by molar-refractivity contribution is 0.0731. The fraction of sp³-hybridized carbons (Fsp3) is 0.375. The Bertz CT molecular complexity index is 645. The van der Waals surface area contributed by atoms with E-state index in [-0.39, 0.29) is 11.8 Å². The molecule has 1 aromatic heterocycles. The van der Waals surface area contributed by atoms with Gasteiger partial charge in [0.05, 0.1) is 12.1 Å².